The topological polar surface area (TPSA) is 58.6 Å². The Bertz CT molecular complexity index is 445. The first-order valence-corrected chi connectivity index (χ1v) is 6.70. The van der Waals surface area contributed by atoms with E-state index in [-0.39, 0.29) is 18.1 Å². The predicted molar refractivity (Wildman–Crippen MR) is 69.8 cm³/mol. The molecule has 0 saturated carbocycles. The summed E-state index contributed by atoms with van der Waals surface area (Å²) in [6, 6.07) is 1.75. The average Bonchev–Trinajstić information content (AvgIpc) is 2.79. The number of carbonyl (C=O) groups is 1. The Morgan fingerprint density at radius 1 is 1.21 bits per heavy atom. The predicted octanol–water partition coefficient (Wildman–Crippen LogP) is 0.303. The smallest absolute Gasteiger partial charge is 0.323 e. The van der Waals surface area contributed by atoms with E-state index in [0.717, 1.165) is 38.5 Å². The molecule has 0 aliphatic carbocycles. The Labute approximate surface area is 112 Å². The SMILES string of the molecule is CC1CC(N2CCN(c3ncccn3)CC2)C(=O)O1. The number of anilines is 1. The first-order valence-electron chi connectivity index (χ1n) is 6.70. The van der Waals surface area contributed by atoms with E-state index in [2.05, 4.69) is 19.8 Å². The lowest BCUT2D eigenvalue weighted by Crippen LogP contribution is -2.52. The molecule has 0 spiro atoms. The molecule has 6 nitrogen and oxygen atoms in total. The highest BCUT2D eigenvalue weighted by Crippen LogP contribution is 2.21. The Morgan fingerprint density at radius 3 is 2.47 bits per heavy atom. The van der Waals surface area contributed by atoms with Crippen LogP contribution in [0.15, 0.2) is 18.5 Å². The van der Waals surface area contributed by atoms with Gasteiger partial charge in [-0.2, -0.15) is 0 Å². The van der Waals surface area contributed by atoms with Crippen LogP contribution in [0.25, 0.3) is 0 Å². The molecule has 2 atom stereocenters. The Balaban J connectivity index is 1.59. The summed E-state index contributed by atoms with van der Waals surface area (Å²) >= 11 is 0. The van der Waals surface area contributed by atoms with Crippen LogP contribution in [0, 0.1) is 0 Å². The number of hydrogen-bond donors (Lipinski definition) is 0. The third kappa shape index (κ3) is 2.53. The number of nitrogens with zero attached hydrogens (tertiary/aromatic N) is 4. The molecule has 102 valence electrons. The van der Waals surface area contributed by atoms with Gasteiger partial charge in [-0.25, -0.2) is 9.97 Å². The summed E-state index contributed by atoms with van der Waals surface area (Å²) in [5.41, 5.74) is 0. The minimum absolute atomic E-state index is 0.0491. The van der Waals surface area contributed by atoms with Crippen molar-refractivity contribution in [2.24, 2.45) is 0 Å². The largest absolute Gasteiger partial charge is 0.461 e. The van der Waals surface area contributed by atoms with Crippen LogP contribution in [0.1, 0.15) is 13.3 Å². The van der Waals surface area contributed by atoms with Gasteiger partial charge in [-0.05, 0) is 13.0 Å². The highest BCUT2D eigenvalue weighted by molar-refractivity contribution is 5.78. The lowest BCUT2D eigenvalue weighted by molar-refractivity contribution is -0.144. The van der Waals surface area contributed by atoms with E-state index in [1.54, 1.807) is 12.4 Å². The summed E-state index contributed by atoms with van der Waals surface area (Å²) in [5, 5.41) is 0. The third-order valence-electron chi connectivity index (χ3n) is 3.73. The maximum Gasteiger partial charge on any atom is 0.323 e. The van der Waals surface area contributed by atoms with Gasteiger partial charge in [0.05, 0.1) is 0 Å². The maximum atomic E-state index is 11.7. The normalized spacial score (nSPS) is 28.5. The average molecular weight is 262 g/mol. The first kappa shape index (κ1) is 12.3. The van der Waals surface area contributed by atoms with E-state index in [4.69, 9.17) is 4.74 Å². The lowest BCUT2D eigenvalue weighted by atomic mass is 10.1. The molecule has 2 aliphatic rings. The molecule has 0 amide bonds. The zero-order chi connectivity index (χ0) is 13.2. The number of esters is 1. The highest BCUT2D eigenvalue weighted by atomic mass is 16.6. The van der Waals surface area contributed by atoms with E-state index in [1.165, 1.54) is 0 Å². The van der Waals surface area contributed by atoms with Gasteiger partial charge in [0.1, 0.15) is 12.1 Å². The van der Waals surface area contributed by atoms with Gasteiger partial charge < -0.3 is 9.64 Å². The molecule has 1 aromatic rings. The summed E-state index contributed by atoms with van der Waals surface area (Å²) in [4.78, 5) is 24.6. The minimum atomic E-state index is -0.0723. The number of cyclic esters (lactones) is 1. The number of piperazine rings is 1. The molecule has 0 N–H and O–H groups in total. The van der Waals surface area contributed by atoms with Crippen molar-refractivity contribution in [1.82, 2.24) is 14.9 Å². The zero-order valence-electron chi connectivity index (χ0n) is 11.0. The monoisotopic (exact) mass is 262 g/mol. The minimum Gasteiger partial charge on any atom is -0.461 e. The van der Waals surface area contributed by atoms with Crippen LogP contribution in [0.4, 0.5) is 5.95 Å². The van der Waals surface area contributed by atoms with Crippen LogP contribution >= 0.6 is 0 Å². The Hall–Kier alpha value is -1.69. The standard InChI is InChI=1S/C13H18N4O2/c1-10-9-11(12(18)19-10)16-5-7-17(8-6-16)13-14-3-2-4-15-13/h2-4,10-11H,5-9H2,1H3. The molecule has 0 aromatic carbocycles. The van der Waals surface area contributed by atoms with Crippen LogP contribution in [-0.2, 0) is 9.53 Å². The number of hydrogen-bond acceptors (Lipinski definition) is 6. The van der Waals surface area contributed by atoms with Crippen LogP contribution < -0.4 is 4.90 Å². The molecular weight excluding hydrogens is 244 g/mol. The maximum absolute atomic E-state index is 11.7. The summed E-state index contributed by atoms with van der Waals surface area (Å²) in [5.74, 6) is 0.696. The molecule has 3 rings (SSSR count). The number of aromatic nitrogens is 2. The summed E-state index contributed by atoms with van der Waals surface area (Å²) in [6.07, 6.45) is 4.36. The van der Waals surface area contributed by atoms with Crippen LogP contribution in [0.2, 0.25) is 0 Å². The molecule has 0 bridgehead atoms. The van der Waals surface area contributed by atoms with Crippen LogP contribution in [-0.4, -0.2) is 59.2 Å². The van der Waals surface area contributed by atoms with E-state index in [0.29, 0.717) is 0 Å². The molecule has 0 radical (unpaired) electrons. The molecule has 2 unspecified atom stereocenters. The fourth-order valence-electron chi connectivity index (χ4n) is 2.72. The second-order valence-electron chi connectivity index (χ2n) is 5.07. The summed E-state index contributed by atoms with van der Waals surface area (Å²) in [6.45, 7) is 5.35. The Morgan fingerprint density at radius 2 is 1.89 bits per heavy atom. The van der Waals surface area contributed by atoms with E-state index in [9.17, 15) is 4.79 Å². The van der Waals surface area contributed by atoms with Crippen LogP contribution in [0.3, 0.4) is 0 Å². The number of carbonyl (C=O) groups excluding carboxylic acids is 1. The van der Waals surface area contributed by atoms with Gasteiger partial charge >= 0.3 is 5.97 Å². The van der Waals surface area contributed by atoms with Crippen molar-refractivity contribution in [1.29, 1.82) is 0 Å². The molecule has 2 saturated heterocycles. The molecule has 19 heavy (non-hydrogen) atoms. The molecule has 2 fully saturated rings. The van der Waals surface area contributed by atoms with Gasteiger partial charge in [0.15, 0.2) is 0 Å². The highest BCUT2D eigenvalue weighted by Gasteiger charge is 2.37. The van der Waals surface area contributed by atoms with Crippen molar-refractivity contribution < 1.29 is 9.53 Å². The summed E-state index contributed by atoms with van der Waals surface area (Å²) in [7, 11) is 0. The van der Waals surface area contributed by atoms with Gasteiger partial charge in [0, 0.05) is 45.0 Å². The molecule has 1 aromatic heterocycles. The van der Waals surface area contributed by atoms with Gasteiger partial charge in [-0.1, -0.05) is 0 Å². The Kier molecular flexibility index (Phi) is 3.33. The molecule has 2 aliphatic heterocycles. The van der Waals surface area contributed by atoms with Crippen molar-refractivity contribution >= 4 is 11.9 Å². The van der Waals surface area contributed by atoms with Gasteiger partial charge in [-0.15, -0.1) is 0 Å². The number of ether oxygens (including phenoxy) is 1. The molecular formula is C13H18N4O2. The molecule has 6 heteroatoms. The fraction of sp³-hybridized carbons (Fsp3) is 0.615. The molecule has 3 heterocycles. The van der Waals surface area contributed by atoms with Gasteiger partial charge in [-0.3, -0.25) is 9.69 Å². The third-order valence-corrected chi connectivity index (χ3v) is 3.73. The van der Waals surface area contributed by atoms with E-state index < -0.39 is 0 Å². The second kappa shape index (κ2) is 5.13. The van der Waals surface area contributed by atoms with Crippen molar-refractivity contribution in [3.05, 3.63) is 18.5 Å². The van der Waals surface area contributed by atoms with E-state index >= 15 is 0 Å². The fourth-order valence-corrected chi connectivity index (χ4v) is 2.72. The van der Waals surface area contributed by atoms with Crippen LogP contribution in [0.5, 0.6) is 0 Å². The first-order chi connectivity index (χ1) is 9.24. The van der Waals surface area contributed by atoms with Crippen molar-refractivity contribution in [3.63, 3.8) is 0 Å². The van der Waals surface area contributed by atoms with Gasteiger partial charge in [0.25, 0.3) is 0 Å². The quantitative estimate of drug-likeness (QED) is 0.715. The van der Waals surface area contributed by atoms with Crippen molar-refractivity contribution in [3.8, 4) is 0 Å². The van der Waals surface area contributed by atoms with E-state index in [1.807, 2.05) is 13.0 Å². The number of rotatable bonds is 2. The van der Waals surface area contributed by atoms with Crippen molar-refractivity contribution in [2.45, 2.75) is 25.5 Å². The van der Waals surface area contributed by atoms with Gasteiger partial charge in [0.2, 0.25) is 5.95 Å². The van der Waals surface area contributed by atoms with Crippen molar-refractivity contribution in [2.75, 3.05) is 31.1 Å². The summed E-state index contributed by atoms with van der Waals surface area (Å²) < 4.78 is 5.22. The zero-order valence-corrected chi connectivity index (χ0v) is 11.0. The lowest BCUT2D eigenvalue weighted by Gasteiger charge is -2.36. The second-order valence-corrected chi connectivity index (χ2v) is 5.07.